The quantitative estimate of drug-likeness (QED) is 0.493. The van der Waals surface area contributed by atoms with Crippen LogP contribution in [-0.4, -0.2) is 26.4 Å². The van der Waals surface area contributed by atoms with E-state index in [2.05, 4.69) is 10.5 Å². The summed E-state index contributed by atoms with van der Waals surface area (Å²) in [5.74, 6) is 0.254. The van der Waals surface area contributed by atoms with Crippen molar-refractivity contribution < 1.29 is 9.32 Å². The number of hydrogen-bond donors (Lipinski definition) is 1. The van der Waals surface area contributed by atoms with Crippen LogP contribution in [0.1, 0.15) is 47.9 Å². The topological polar surface area (TPSA) is 90.0 Å². The molecule has 1 aliphatic carbocycles. The summed E-state index contributed by atoms with van der Waals surface area (Å²) in [5.41, 5.74) is 1.74. The molecule has 1 aliphatic rings. The molecular weight excluding hydrogens is 396 g/mol. The van der Waals surface area contributed by atoms with Crippen LogP contribution < -0.4 is 10.9 Å². The van der Waals surface area contributed by atoms with Gasteiger partial charge in [-0.05, 0) is 39.2 Å². The van der Waals surface area contributed by atoms with Gasteiger partial charge >= 0.3 is 0 Å². The van der Waals surface area contributed by atoms with Gasteiger partial charge in [-0.3, -0.25) is 19.5 Å². The van der Waals surface area contributed by atoms with E-state index in [0.29, 0.717) is 16.7 Å². The van der Waals surface area contributed by atoms with Gasteiger partial charge in [-0.2, -0.15) is 0 Å². The number of nitrogens with zero attached hydrogens (tertiary/aromatic N) is 3. The zero-order chi connectivity index (χ0) is 19.8. The number of fused-ring (bicyclic) bond motifs is 1. The van der Waals surface area contributed by atoms with Crippen LogP contribution in [0.25, 0.3) is 10.2 Å². The summed E-state index contributed by atoms with van der Waals surface area (Å²) < 4.78 is 6.85. The van der Waals surface area contributed by atoms with Crippen molar-refractivity contribution in [2.24, 2.45) is 0 Å². The number of thiophene rings is 1. The van der Waals surface area contributed by atoms with E-state index >= 15 is 0 Å². The fourth-order valence-corrected chi connectivity index (χ4v) is 5.54. The maximum Gasteiger partial charge on any atom is 0.263 e. The smallest absolute Gasteiger partial charge is 0.263 e. The highest BCUT2D eigenvalue weighted by Crippen LogP contribution is 2.34. The second-order valence-corrected chi connectivity index (χ2v) is 9.29. The molecule has 0 saturated heterocycles. The predicted octanol–water partition coefficient (Wildman–Crippen LogP) is 4.22. The first-order chi connectivity index (χ1) is 13.4. The van der Waals surface area contributed by atoms with E-state index < -0.39 is 0 Å². The van der Waals surface area contributed by atoms with Crippen LogP contribution in [-0.2, 0) is 4.79 Å². The maximum absolute atomic E-state index is 13.3. The molecule has 3 aromatic heterocycles. The Morgan fingerprint density at radius 1 is 1.36 bits per heavy atom. The molecular formula is C19H22N4O3S2. The van der Waals surface area contributed by atoms with Gasteiger partial charge in [0.2, 0.25) is 11.8 Å². The Labute approximate surface area is 170 Å². The highest BCUT2D eigenvalue weighted by Gasteiger charge is 2.25. The van der Waals surface area contributed by atoms with Crippen molar-refractivity contribution in [3.05, 3.63) is 32.6 Å². The monoisotopic (exact) mass is 418 g/mol. The van der Waals surface area contributed by atoms with Crippen LogP contribution in [0.4, 0.5) is 5.88 Å². The van der Waals surface area contributed by atoms with E-state index in [9.17, 15) is 9.59 Å². The molecule has 0 aliphatic heterocycles. The van der Waals surface area contributed by atoms with Gasteiger partial charge in [-0.15, -0.1) is 11.3 Å². The SMILES string of the molecule is Cc1cc(NC(=O)CSc2nc3sc(C)c(C)c3c(=O)n2C2CCCC2)on1. The zero-order valence-corrected chi connectivity index (χ0v) is 17.7. The van der Waals surface area contributed by atoms with Crippen molar-refractivity contribution in [2.45, 2.75) is 57.7 Å². The van der Waals surface area contributed by atoms with Gasteiger partial charge in [0.05, 0.1) is 16.8 Å². The molecule has 0 unspecified atom stereocenters. The molecule has 0 radical (unpaired) electrons. The average molecular weight is 419 g/mol. The van der Waals surface area contributed by atoms with Crippen LogP contribution in [0.2, 0.25) is 0 Å². The minimum Gasteiger partial charge on any atom is -0.338 e. The molecule has 0 bridgehead atoms. The number of carbonyl (C=O) groups is 1. The van der Waals surface area contributed by atoms with Crippen LogP contribution in [0, 0.1) is 20.8 Å². The van der Waals surface area contributed by atoms with E-state index in [4.69, 9.17) is 9.51 Å². The van der Waals surface area contributed by atoms with E-state index in [1.165, 1.54) is 23.1 Å². The van der Waals surface area contributed by atoms with Gasteiger partial charge in [-0.25, -0.2) is 4.98 Å². The van der Waals surface area contributed by atoms with Gasteiger partial charge in [-0.1, -0.05) is 29.8 Å². The summed E-state index contributed by atoms with van der Waals surface area (Å²) in [7, 11) is 0. The Balaban J connectivity index is 1.64. The normalized spacial score (nSPS) is 14.8. The minimum atomic E-state index is -0.216. The van der Waals surface area contributed by atoms with Gasteiger partial charge in [0.15, 0.2) is 5.16 Å². The van der Waals surface area contributed by atoms with Gasteiger partial charge in [0, 0.05) is 17.0 Å². The lowest BCUT2D eigenvalue weighted by molar-refractivity contribution is -0.113. The molecule has 28 heavy (non-hydrogen) atoms. The van der Waals surface area contributed by atoms with Crippen molar-refractivity contribution in [1.82, 2.24) is 14.7 Å². The number of rotatable bonds is 5. The molecule has 0 aromatic carbocycles. The molecule has 148 valence electrons. The van der Waals surface area contributed by atoms with E-state index in [1.807, 2.05) is 18.4 Å². The van der Waals surface area contributed by atoms with Crippen molar-refractivity contribution >= 4 is 45.1 Å². The fourth-order valence-electron chi connectivity index (χ4n) is 3.60. The number of hydrogen-bond acceptors (Lipinski definition) is 7. The standard InChI is InChI=1S/C19H22N4O3S2/c1-10-8-15(26-22-10)20-14(24)9-27-19-21-17-16(11(2)12(3)28-17)18(25)23(19)13-6-4-5-7-13/h8,13H,4-7,9H2,1-3H3,(H,20,24). The Bertz CT molecular complexity index is 1090. The van der Waals surface area contributed by atoms with Crippen molar-refractivity contribution in [2.75, 3.05) is 11.1 Å². The molecule has 9 heteroatoms. The summed E-state index contributed by atoms with van der Waals surface area (Å²) in [6, 6.07) is 1.82. The van der Waals surface area contributed by atoms with Crippen molar-refractivity contribution in [3.63, 3.8) is 0 Å². The van der Waals surface area contributed by atoms with Crippen LogP contribution in [0.15, 0.2) is 20.5 Å². The fraction of sp³-hybridized carbons (Fsp3) is 0.474. The van der Waals surface area contributed by atoms with Crippen LogP contribution >= 0.6 is 23.1 Å². The number of aryl methyl sites for hydroxylation is 3. The number of carbonyl (C=O) groups excluding carboxylic acids is 1. The molecule has 1 saturated carbocycles. The summed E-state index contributed by atoms with van der Waals surface area (Å²) >= 11 is 2.83. The first-order valence-electron chi connectivity index (χ1n) is 9.32. The second kappa shape index (κ2) is 7.71. The van der Waals surface area contributed by atoms with Gasteiger partial charge in [0.1, 0.15) is 4.83 Å². The first kappa shape index (κ1) is 19.2. The summed E-state index contributed by atoms with van der Waals surface area (Å²) in [6.45, 7) is 5.79. The Kier molecular flexibility index (Phi) is 5.29. The van der Waals surface area contributed by atoms with Gasteiger partial charge < -0.3 is 4.52 Å². The molecule has 4 rings (SSSR count). The highest BCUT2D eigenvalue weighted by molar-refractivity contribution is 7.99. The molecule has 3 aromatic rings. The lowest BCUT2D eigenvalue weighted by atomic mass is 10.2. The number of aromatic nitrogens is 3. The van der Waals surface area contributed by atoms with Crippen LogP contribution in [0.3, 0.4) is 0 Å². The molecule has 0 spiro atoms. The highest BCUT2D eigenvalue weighted by atomic mass is 32.2. The van der Waals surface area contributed by atoms with Crippen LogP contribution in [0.5, 0.6) is 0 Å². The first-order valence-corrected chi connectivity index (χ1v) is 11.1. The summed E-state index contributed by atoms with van der Waals surface area (Å²) in [4.78, 5) is 32.2. The number of nitrogens with one attached hydrogen (secondary N) is 1. The Morgan fingerprint density at radius 3 is 2.79 bits per heavy atom. The predicted molar refractivity (Wildman–Crippen MR) is 111 cm³/mol. The van der Waals surface area contributed by atoms with E-state index in [1.54, 1.807) is 13.0 Å². The molecule has 0 atom stereocenters. The molecule has 7 nitrogen and oxygen atoms in total. The van der Waals surface area contributed by atoms with E-state index in [-0.39, 0.29) is 23.3 Å². The summed E-state index contributed by atoms with van der Waals surface area (Å²) in [5, 5.41) is 7.79. The third-order valence-electron chi connectivity index (χ3n) is 5.12. The van der Waals surface area contributed by atoms with Gasteiger partial charge in [0.25, 0.3) is 5.56 Å². The Morgan fingerprint density at radius 2 is 2.11 bits per heavy atom. The molecule has 1 N–H and O–H groups in total. The Hall–Kier alpha value is -2.13. The number of amides is 1. The number of anilines is 1. The number of thioether (sulfide) groups is 1. The lowest BCUT2D eigenvalue weighted by Crippen LogP contribution is -2.27. The average Bonchev–Trinajstić information content (AvgIpc) is 3.36. The van der Waals surface area contributed by atoms with Crippen molar-refractivity contribution in [1.29, 1.82) is 0 Å². The third-order valence-corrected chi connectivity index (χ3v) is 7.17. The second-order valence-electron chi connectivity index (χ2n) is 7.14. The maximum atomic E-state index is 13.3. The molecule has 1 amide bonds. The molecule has 3 heterocycles. The third kappa shape index (κ3) is 3.60. The summed E-state index contributed by atoms with van der Waals surface area (Å²) in [6.07, 6.45) is 4.19. The lowest BCUT2D eigenvalue weighted by Gasteiger charge is -2.17. The van der Waals surface area contributed by atoms with E-state index in [0.717, 1.165) is 46.3 Å². The van der Waals surface area contributed by atoms with Crippen molar-refractivity contribution in [3.8, 4) is 0 Å². The zero-order valence-electron chi connectivity index (χ0n) is 16.1. The largest absolute Gasteiger partial charge is 0.338 e. The molecule has 1 fully saturated rings. The minimum absolute atomic E-state index is 0.0208.